The molecular weight excluding hydrogens is 336 g/mol. The number of thiophene rings is 1. The smallest absolute Gasteiger partial charge is 0.274 e. The molecule has 6 nitrogen and oxygen atoms in total. The first-order chi connectivity index (χ1) is 12.2. The third-order valence-corrected chi connectivity index (χ3v) is 5.91. The number of aromatic nitrogens is 2. The maximum atomic E-state index is 12.7. The lowest BCUT2D eigenvalue weighted by Gasteiger charge is -2.40. The molecule has 2 aromatic rings. The van der Waals surface area contributed by atoms with Gasteiger partial charge in [-0.15, -0.1) is 0 Å². The van der Waals surface area contributed by atoms with Gasteiger partial charge in [0.25, 0.3) is 11.8 Å². The highest BCUT2D eigenvalue weighted by Gasteiger charge is 2.44. The summed E-state index contributed by atoms with van der Waals surface area (Å²) in [6.07, 6.45) is 7.61. The maximum absolute atomic E-state index is 12.7. The van der Waals surface area contributed by atoms with Crippen LogP contribution in [0.4, 0.5) is 0 Å². The summed E-state index contributed by atoms with van der Waals surface area (Å²) in [6, 6.07) is 1.88. The first-order valence-corrected chi connectivity index (χ1v) is 9.48. The number of nitrogens with zero attached hydrogens (tertiary/aromatic N) is 4. The molecule has 0 radical (unpaired) electrons. The Morgan fingerprint density at radius 2 is 1.92 bits per heavy atom. The monoisotopic (exact) mass is 356 g/mol. The zero-order chi connectivity index (χ0) is 17.3. The molecule has 2 aliphatic heterocycles. The SMILES string of the molecule is O=C(c1ccsc1)N1CC[C@]2(CCCN(C(=O)c3cnccn3)C2)C1. The van der Waals surface area contributed by atoms with Crippen LogP contribution in [0, 0.1) is 5.41 Å². The van der Waals surface area contributed by atoms with Crippen LogP contribution in [-0.4, -0.2) is 57.8 Å². The van der Waals surface area contributed by atoms with Gasteiger partial charge in [-0.2, -0.15) is 11.3 Å². The lowest BCUT2D eigenvalue weighted by Crippen LogP contribution is -2.47. The number of carbonyl (C=O) groups is 2. The Bertz CT molecular complexity index is 765. The molecule has 25 heavy (non-hydrogen) atoms. The van der Waals surface area contributed by atoms with Crippen molar-refractivity contribution in [2.45, 2.75) is 19.3 Å². The summed E-state index contributed by atoms with van der Waals surface area (Å²) in [4.78, 5) is 37.2. The quantitative estimate of drug-likeness (QED) is 0.828. The zero-order valence-electron chi connectivity index (χ0n) is 13.9. The molecule has 2 saturated heterocycles. The van der Waals surface area contributed by atoms with E-state index in [1.54, 1.807) is 23.7 Å². The van der Waals surface area contributed by atoms with Gasteiger partial charge in [-0.25, -0.2) is 4.98 Å². The van der Waals surface area contributed by atoms with Crippen molar-refractivity contribution in [1.82, 2.24) is 19.8 Å². The molecule has 0 saturated carbocycles. The molecule has 2 fully saturated rings. The van der Waals surface area contributed by atoms with Crippen LogP contribution in [0.3, 0.4) is 0 Å². The number of likely N-dealkylation sites (tertiary alicyclic amines) is 2. The van der Waals surface area contributed by atoms with Gasteiger partial charge in [0, 0.05) is 49.4 Å². The summed E-state index contributed by atoms with van der Waals surface area (Å²) in [7, 11) is 0. The van der Waals surface area contributed by atoms with Crippen LogP contribution >= 0.6 is 11.3 Å². The Hall–Kier alpha value is -2.28. The minimum absolute atomic E-state index is 0.0157. The molecule has 0 bridgehead atoms. The number of amides is 2. The number of hydrogen-bond acceptors (Lipinski definition) is 5. The second-order valence-corrected chi connectivity index (χ2v) is 7.69. The summed E-state index contributed by atoms with van der Waals surface area (Å²) < 4.78 is 0. The largest absolute Gasteiger partial charge is 0.338 e. The standard InChI is InChI=1S/C18H20N4O2S/c23-16(14-2-9-25-11-14)22-8-4-18(13-22)3-1-7-21(12-18)17(24)15-10-19-5-6-20-15/h2,5-6,9-11H,1,3-4,7-8,12-13H2/t18-/m0/s1. The molecule has 0 unspecified atom stereocenters. The number of rotatable bonds is 2. The van der Waals surface area contributed by atoms with Crippen molar-refractivity contribution in [3.63, 3.8) is 0 Å². The Balaban J connectivity index is 1.46. The van der Waals surface area contributed by atoms with E-state index < -0.39 is 0 Å². The third-order valence-electron chi connectivity index (χ3n) is 5.22. The molecule has 7 heteroatoms. The van der Waals surface area contributed by atoms with Crippen LogP contribution in [-0.2, 0) is 0 Å². The van der Waals surface area contributed by atoms with Crippen molar-refractivity contribution in [3.05, 3.63) is 46.7 Å². The Morgan fingerprint density at radius 3 is 2.64 bits per heavy atom. The van der Waals surface area contributed by atoms with Gasteiger partial charge >= 0.3 is 0 Å². The van der Waals surface area contributed by atoms with Gasteiger partial charge in [0.2, 0.25) is 0 Å². The van der Waals surface area contributed by atoms with E-state index in [1.165, 1.54) is 6.20 Å². The number of carbonyl (C=O) groups excluding carboxylic acids is 2. The fourth-order valence-electron chi connectivity index (χ4n) is 3.96. The van der Waals surface area contributed by atoms with Gasteiger partial charge in [-0.3, -0.25) is 14.6 Å². The van der Waals surface area contributed by atoms with Gasteiger partial charge in [0.05, 0.1) is 11.8 Å². The molecule has 2 aliphatic rings. The highest BCUT2D eigenvalue weighted by Crippen LogP contribution is 2.39. The molecular formula is C18H20N4O2S. The van der Waals surface area contributed by atoms with Crippen molar-refractivity contribution in [3.8, 4) is 0 Å². The van der Waals surface area contributed by atoms with Crippen molar-refractivity contribution >= 4 is 23.2 Å². The summed E-state index contributed by atoms with van der Waals surface area (Å²) in [5.74, 6) is 0.0466. The van der Waals surface area contributed by atoms with Gasteiger partial charge in [0.15, 0.2) is 0 Å². The average Bonchev–Trinajstić information content (AvgIpc) is 3.32. The molecule has 130 valence electrons. The van der Waals surface area contributed by atoms with Crippen molar-refractivity contribution in [1.29, 1.82) is 0 Å². The fraction of sp³-hybridized carbons (Fsp3) is 0.444. The highest BCUT2D eigenvalue weighted by atomic mass is 32.1. The van der Waals surface area contributed by atoms with Crippen LogP contribution in [0.1, 0.15) is 40.1 Å². The summed E-state index contributed by atoms with van der Waals surface area (Å²) in [6.45, 7) is 2.93. The van der Waals surface area contributed by atoms with E-state index in [9.17, 15) is 9.59 Å². The predicted molar refractivity (Wildman–Crippen MR) is 94.4 cm³/mol. The van der Waals surface area contributed by atoms with E-state index in [-0.39, 0.29) is 17.2 Å². The van der Waals surface area contributed by atoms with Gasteiger partial charge < -0.3 is 9.80 Å². The number of hydrogen-bond donors (Lipinski definition) is 0. The first kappa shape index (κ1) is 16.2. The second kappa shape index (κ2) is 6.55. The van der Waals surface area contributed by atoms with Crippen molar-refractivity contribution < 1.29 is 9.59 Å². The molecule has 0 N–H and O–H groups in total. The first-order valence-electron chi connectivity index (χ1n) is 8.54. The van der Waals surface area contributed by atoms with Gasteiger partial charge in [0.1, 0.15) is 5.69 Å². The Labute approximate surface area is 150 Å². The molecule has 4 heterocycles. The third kappa shape index (κ3) is 3.16. The van der Waals surface area contributed by atoms with Crippen LogP contribution in [0.15, 0.2) is 35.4 Å². The molecule has 2 aromatic heterocycles. The fourth-order valence-corrected chi connectivity index (χ4v) is 4.59. The van der Waals surface area contributed by atoms with E-state index in [2.05, 4.69) is 9.97 Å². The van der Waals surface area contributed by atoms with E-state index in [4.69, 9.17) is 0 Å². The number of piperidine rings is 1. The summed E-state index contributed by atoms with van der Waals surface area (Å²) >= 11 is 1.54. The van der Waals surface area contributed by atoms with Crippen LogP contribution in [0.5, 0.6) is 0 Å². The second-order valence-electron chi connectivity index (χ2n) is 6.91. The molecule has 2 amide bonds. The minimum atomic E-state index is -0.0604. The lowest BCUT2D eigenvalue weighted by atomic mass is 9.79. The Morgan fingerprint density at radius 1 is 1.08 bits per heavy atom. The highest BCUT2D eigenvalue weighted by molar-refractivity contribution is 7.08. The summed E-state index contributed by atoms with van der Waals surface area (Å²) in [5, 5.41) is 3.83. The molecule has 0 aliphatic carbocycles. The lowest BCUT2D eigenvalue weighted by molar-refractivity contribution is 0.0510. The van der Waals surface area contributed by atoms with Gasteiger partial charge in [-0.05, 0) is 30.7 Å². The topological polar surface area (TPSA) is 66.4 Å². The van der Waals surface area contributed by atoms with E-state index in [0.29, 0.717) is 12.2 Å². The Kier molecular flexibility index (Phi) is 4.25. The van der Waals surface area contributed by atoms with Crippen molar-refractivity contribution in [2.24, 2.45) is 5.41 Å². The molecule has 1 atom stereocenters. The summed E-state index contributed by atoms with van der Waals surface area (Å²) in [5.41, 5.74) is 1.18. The average molecular weight is 356 g/mol. The predicted octanol–water partition coefficient (Wildman–Crippen LogP) is 2.31. The van der Waals surface area contributed by atoms with Crippen LogP contribution < -0.4 is 0 Å². The zero-order valence-corrected chi connectivity index (χ0v) is 14.7. The molecule has 1 spiro atoms. The van der Waals surface area contributed by atoms with E-state index in [0.717, 1.165) is 44.5 Å². The van der Waals surface area contributed by atoms with Crippen LogP contribution in [0.25, 0.3) is 0 Å². The maximum Gasteiger partial charge on any atom is 0.274 e. The normalized spacial score (nSPS) is 23.2. The van der Waals surface area contributed by atoms with Crippen molar-refractivity contribution in [2.75, 3.05) is 26.2 Å². The van der Waals surface area contributed by atoms with E-state index in [1.807, 2.05) is 26.6 Å². The van der Waals surface area contributed by atoms with Gasteiger partial charge in [-0.1, -0.05) is 0 Å². The van der Waals surface area contributed by atoms with Crippen LogP contribution in [0.2, 0.25) is 0 Å². The van der Waals surface area contributed by atoms with E-state index >= 15 is 0 Å². The molecule has 4 rings (SSSR count). The minimum Gasteiger partial charge on any atom is -0.338 e. The molecule has 0 aromatic carbocycles.